The fourth-order valence-electron chi connectivity index (χ4n) is 1.77. The second-order valence-electron chi connectivity index (χ2n) is 4.31. The molecule has 0 atom stereocenters. The lowest BCUT2D eigenvalue weighted by Crippen LogP contribution is -2.17. The van der Waals surface area contributed by atoms with E-state index in [4.69, 9.17) is 5.11 Å². The molecule has 1 aromatic heterocycles. The van der Waals surface area contributed by atoms with Crippen LogP contribution in [0.15, 0.2) is 36.7 Å². The summed E-state index contributed by atoms with van der Waals surface area (Å²) in [7, 11) is 0. The van der Waals surface area contributed by atoms with Crippen LogP contribution in [0.2, 0.25) is 0 Å². The fraction of sp³-hybridized carbons (Fsp3) is 0.231. The number of hydrogen-bond acceptors (Lipinski definition) is 2. The van der Waals surface area contributed by atoms with E-state index in [1.54, 1.807) is 24.3 Å². The van der Waals surface area contributed by atoms with Crippen molar-refractivity contribution in [2.75, 3.05) is 0 Å². The highest BCUT2D eigenvalue weighted by atomic mass is 19.4. The van der Waals surface area contributed by atoms with E-state index in [1.165, 1.54) is 12.4 Å². The van der Waals surface area contributed by atoms with E-state index in [9.17, 15) is 18.0 Å². The topological polar surface area (TPSA) is 55.1 Å². The molecule has 106 valence electrons. The zero-order valence-corrected chi connectivity index (χ0v) is 10.3. The summed E-state index contributed by atoms with van der Waals surface area (Å²) in [4.78, 5) is 10.5. The highest BCUT2D eigenvalue weighted by Gasteiger charge is 2.28. The average molecular weight is 284 g/mol. The number of aliphatic carboxylic acids is 1. The van der Waals surface area contributed by atoms with Crippen molar-refractivity contribution in [1.82, 2.24) is 9.78 Å². The number of rotatable bonds is 4. The first-order chi connectivity index (χ1) is 9.33. The lowest BCUT2D eigenvalue weighted by atomic mass is 10.1. The Morgan fingerprint density at radius 1 is 1.20 bits per heavy atom. The van der Waals surface area contributed by atoms with Gasteiger partial charge in [-0.25, -0.2) is 0 Å². The number of aromatic nitrogens is 2. The van der Waals surface area contributed by atoms with Crippen LogP contribution in [-0.2, 0) is 17.8 Å². The summed E-state index contributed by atoms with van der Waals surface area (Å²) in [6.07, 6.45) is -1.75. The smallest absolute Gasteiger partial charge is 0.408 e. The minimum Gasteiger partial charge on any atom is -0.481 e. The van der Waals surface area contributed by atoms with Gasteiger partial charge in [-0.1, -0.05) is 24.3 Å². The Morgan fingerprint density at radius 2 is 1.85 bits per heavy atom. The molecule has 1 heterocycles. The molecule has 1 N–H and O–H groups in total. The maximum atomic E-state index is 12.2. The molecule has 7 heteroatoms. The van der Waals surface area contributed by atoms with Gasteiger partial charge < -0.3 is 5.11 Å². The first kappa shape index (κ1) is 14.1. The molecule has 2 rings (SSSR count). The predicted molar refractivity (Wildman–Crippen MR) is 65.1 cm³/mol. The maximum Gasteiger partial charge on any atom is 0.408 e. The molecule has 0 unspecified atom stereocenters. The highest BCUT2D eigenvalue weighted by Crippen LogP contribution is 2.22. The number of halogens is 3. The number of carboxylic acid groups (broad SMARTS) is 1. The van der Waals surface area contributed by atoms with Gasteiger partial charge in [-0.05, 0) is 11.1 Å². The van der Waals surface area contributed by atoms with Gasteiger partial charge in [0.1, 0.15) is 6.54 Å². The number of benzene rings is 1. The number of hydrogen-bond donors (Lipinski definition) is 1. The van der Waals surface area contributed by atoms with Gasteiger partial charge >= 0.3 is 12.1 Å². The summed E-state index contributed by atoms with van der Waals surface area (Å²) in [5.41, 5.74) is 1.87. The van der Waals surface area contributed by atoms with Crippen LogP contribution < -0.4 is 0 Å². The normalized spacial score (nSPS) is 11.6. The zero-order chi connectivity index (χ0) is 14.8. The quantitative estimate of drug-likeness (QED) is 0.939. The van der Waals surface area contributed by atoms with E-state index in [-0.39, 0.29) is 6.42 Å². The third-order valence-electron chi connectivity index (χ3n) is 2.62. The average Bonchev–Trinajstić information content (AvgIpc) is 2.75. The Hall–Kier alpha value is -2.31. The van der Waals surface area contributed by atoms with Gasteiger partial charge in [-0.3, -0.25) is 9.48 Å². The molecule has 0 bridgehead atoms. The lowest BCUT2D eigenvalue weighted by Gasteiger charge is -2.05. The summed E-state index contributed by atoms with van der Waals surface area (Å²) in [6, 6.07) is 6.58. The third-order valence-corrected chi connectivity index (χ3v) is 2.62. The fourth-order valence-corrected chi connectivity index (χ4v) is 1.77. The molecular weight excluding hydrogens is 273 g/mol. The molecule has 2 aromatic rings. The maximum absolute atomic E-state index is 12.2. The van der Waals surface area contributed by atoms with Crippen molar-refractivity contribution in [1.29, 1.82) is 0 Å². The van der Waals surface area contributed by atoms with Gasteiger partial charge in [-0.2, -0.15) is 18.3 Å². The van der Waals surface area contributed by atoms with Gasteiger partial charge in [0.25, 0.3) is 0 Å². The van der Waals surface area contributed by atoms with Gasteiger partial charge in [0.15, 0.2) is 0 Å². The van der Waals surface area contributed by atoms with Crippen molar-refractivity contribution >= 4 is 5.97 Å². The molecule has 0 spiro atoms. The largest absolute Gasteiger partial charge is 0.481 e. The molecule has 0 saturated heterocycles. The van der Waals surface area contributed by atoms with Gasteiger partial charge in [0.05, 0.1) is 12.6 Å². The lowest BCUT2D eigenvalue weighted by molar-refractivity contribution is -0.142. The number of carboxylic acids is 1. The second-order valence-corrected chi connectivity index (χ2v) is 4.31. The molecule has 0 aliphatic rings. The van der Waals surface area contributed by atoms with Crippen LogP contribution in [-0.4, -0.2) is 27.0 Å². The van der Waals surface area contributed by atoms with Crippen molar-refractivity contribution in [3.63, 3.8) is 0 Å². The molecule has 0 saturated carbocycles. The summed E-state index contributed by atoms with van der Waals surface area (Å²) in [5, 5.41) is 12.3. The third kappa shape index (κ3) is 3.84. The van der Waals surface area contributed by atoms with Crippen LogP contribution in [0.4, 0.5) is 13.2 Å². The number of carbonyl (C=O) groups is 1. The molecule has 4 nitrogen and oxygen atoms in total. The Kier molecular flexibility index (Phi) is 3.78. The molecule has 1 aromatic carbocycles. The van der Waals surface area contributed by atoms with E-state index in [1.807, 2.05) is 0 Å². The van der Waals surface area contributed by atoms with Crippen molar-refractivity contribution in [3.05, 3.63) is 42.2 Å². The Balaban J connectivity index is 2.14. The van der Waals surface area contributed by atoms with Crippen molar-refractivity contribution in [3.8, 4) is 11.1 Å². The molecule has 0 fully saturated rings. The second kappa shape index (κ2) is 5.36. The van der Waals surface area contributed by atoms with Crippen molar-refractivity contribution in [2.45, 2.75) is 19.1 Å². The predicted octanol–water partition coefficient (Wildman–Crippen LogP) is 2.74. The van der Waals surface area contributed by atoms with E-state index in [0.717, 1.165) is 4.68 Å². The van der Waals surface area contributed by atoms with Gasteiger partial charge in [0, 0.05) is 11.8 Å². The van der Waals surface area contributed by atoms with Gasteiger partial charge in [-0.15, -0.1) is 0 Å². The monoisotopic (exact) mass is 284 g/mol. The van der Waals surface area contributed by atoms with Crippen LogP contribution in [0, 0.1) is 0 Å². The van der Waals surface area contributed by atoms with Crippen LogP contribution in [0.25, 0.3) is 11.1 Å². The SMILES string of the molecule is O=C(O)Cc1ccc(-c2cnn(CC(F)(F)F)c2)cc1. The van der Waals surface area contributed by atoms with E-state index >= 15 is 0 Å². The Morgan fingerprint density at radius 3 is 2.40 bits per heavy atom. The molecular formula is C13H11F3N2O2. The van der Waals surface area contributed by atoms with Gasteiger partial charge in [0.2, 0.25) is 0 Å². The summed E-state index contributed by atoms with van der Waals surface area (Å²) in [5.74, 6) is -0.934. The van der Waals surface area contributed by atoms with E-state index < -0.39 is 18.7 Å². The van der Waals surface area contributed by atoms with Crippen molar-refractivity contribution in [2.24, 2.45) is 0 Å². The first-order valence-corrected chi connectivity index (χ1v) is 5.74. The number of nitrogens with zero attached hydrogens (tertiary/aromatic N) is 2. The van der Waals surface area contributed by atoms with Crippen LogP contribution in [0.3, 0.4) is 0 Å². The molecule has 0 radical (unpaired) electrons. The summed E-state index contributed by atoms with van der Waals surface area (Å²) < 4.78 is 37.5. The van der Waals surface area contributed by atoms with Crippen LogP contribution in [0.1, 0.15) is 5.56 Å². The number of alkyl halides is 3. The molecule has 0 aliphatic heterocycles. The molecule has 0 aliphatic carbocycles. The standard InChI is InChI=1S/C13H11F3N2O2/c14-13(15,16)8-18-7-11(6-17-18)10-3-1-9(2-4-10)5-12(19)20/h1-4,6-7H,5,8H2,(H,19,20). The van der Waals surface area contributed by atoms with Crippen LogP contribution >= 0.6 is 0 Å². The summed E-state index contributed by atoms with van der Waals surface area (Å²) in [6.45, 7) is -1.13. The first-order valence-electron chi connectivity index (χ1n) is 5.74. The summed E-state index contributed by atoms with van der Waals surface area (Å²) >= 11 is 0. The highest BCUT2D eigenvalue weighted by molar-refractivity contribution is 5.71. The van der Waals surface area contributed by atoms with E-state index in [2.05, 4.69) is 5.10 Å². The molecule has 20 heavy (non-hydrogen) atoms. The zero-order valence-electron chi connectivity index (χ0n) is 10.3. The van der Waals surface area contributed by atoms with Crippen LogP contribution in [0.5, 0.6) is 0 Å². The van der Waals surface area contributed by atoms with Crippen molar-refractivity contribution < 1.29 is 23.1 Å². The Labute approximate surface area is 112 Å². The Bertz CT molecular complexity index is 603. The minimum absolute atomic E-state index is 0.0897. The van der Waals surface area contributed by atoms with E-state index in [0.29, 0.717) is 16.7 Å². The minimum atomic E-state index is -4.31. The molecule has 0 amide bonds.